The van der Waals surface area contributed by atoms with Gasteiger partial charge in [-0.3, -0.25) is 9.36 Å². The Labute approximate surface area is 108 Å². The summed E-state index contributed by atoms with van der Waals surface area (Å²) in [6, 6.07) is 2.04. The molecule has 0 unspecified atom stereocenters. The number of rotatable bonds is 5. The highest BCUT2D eigenvalue weighted by atomic mass is 15.3. The standard InChI is InChI=1S/C13H21N5/c1-4-11-13(14)12(5-2)18(16-11)9-7-10-6-8-15-17(10)3/h6,8H,4-5,7,9,14H2,1-3H3. The third kappa shape index (κ3) is 2.25. The summed E-state index contributed by atoms with van der Waals surface area (Å²) < 4.78 is 3.94. The molecule has 5 heteroatoms. The van der Waals surface area contributed by atoms with Crippen molar-refractivity contribution in [2.75, 3.05) is 5.73 Å². The van der Waals surface area contributed by atoms with Gasteiger partial charge in [-0.25, -0.2) is 0 Å². The molecule has 0 bridgehead atoms. The predicted molar refractivity (Wildman–Crippen MR) is 72.3 cm³/mol. The number of hydrogen-bond acceptors (Lipinski definition) is 3. The molecule has 5 nitrogen and oxygen atoms in total. The van der Waals surface area contributed by atoms with Crippen LogP contribution in [0.5, 0.6) is 0 Å². The Morgan fingerprint density at radius 1 is 1.28 bits per heavy atom. The highest BCUT2D eigenvalue weighted by Gasteiger charge is 2.12. The van der Waals surface area contributed by atoms with Crippen LogP contribution in [0.3, 0.4) is 0 Å². The average Bonchev–Trinajstić information content (AvgIpc) is 2.90. The number of nitrogen functional groups attached to an aromatic ring is 1. The third-order valence-corrected chi connectivity index (χ3v) is 3.35. The zero-order valence-corrected chi connectivity index (χ0v) is 11.3. The maximum atomic E-state index is 6.10. The van der Waals surface area contributed by atoms with E-state index in [2.05, 4.69) is 24.0 Å². The maximum absolute atomic E-state index is 6.10. The van der Waals surface area contributed by atoms with Crippen molar-refractivity contribution in [1.29, 1.82) is 0 Å². The number of nitrogens with two attached hydrogens (primary N) is 1. The lowest BCUT2D eigenvalue weighted by molar-refractivity contribution is 0.561. The van der Waals surface area contributed by atoms with E-state index >= 15 is 0 Å². The van der Waals surface area contributed by atoms with Crippen LogP contribution in [0, 0.1) is 0 Å². The van der Waals surface area contributed by atoms with Gasteiger partial charge in [0.2, 0.25) is 0 Å². The summed E-state index contributed by atoms with van der Waals surface area (Å²) in [5.41, 5.74) is 10.3. The van der Waals surface area contributed by atoms with Crippen LogP contribution in [0.15, 0.2) is 12.3 Å². The lowest BCUT2D eigenvalue weighted by atomic mass is 10.2. The fourth-order valence-electron chi connectivity index (χ4n) is 2.25. The molecule has 2 N–H and O–H groups in total. The molecule has 2 heterocycles. The molecular formula is C13H21N5. The van der Waals surface area contributed by atoms with Crippen LogP contribution < -0.4 is 5.73 Å². The smallest absolute Gasteiger partial charge is 0.0854 e. The fourth-order valence-corrected chi connectivity index (χ4v) is 2.25. The third-order valence-electron chi connectivity index (χ3n) is 3.35. The average molecular weight is 247 g/mol. The van der Waals surface area contributed by atoms with Gasteiger partial charge < -0.3 is 5.73 Å². The number of hydrogen-bond donors (Lipinski definition) is 1. The van der Waals surface area contributed by atoms with E-state index in [-0.39, 0.29) is 0 Å². The summed E-state index contributed by atoms with van der Waals surface area (Å²) >= 11 is 0. The molecule has 2 aromatic rings. The lowest BCUT2D eigenvalue weighted by Crippen LogP contribution is -2.10. The van der Waals surface area contributed by atoms with Crippen LogP contribution in [-0.4, -0.2) is 19.6 Å². The summed E-state index contributed by atoms with van der Waals surface area (Å²) in [5, 5.41) is 8.76. The molecule has 2 aromatic heterocycles. The van der Waals surface area contributed by atoms with E-state index < -0.39 is 0 Å². The minimum absolute atomic E-state index is 0.854. The first-order valence-corrected chi connectivity index (χ1v) is 6.48. The molecule has 0 fully saturated rings. The Morgan fingerprint density at radius 3 is 2.61 bits per heavy atom. The predicted octanol–water partition coefficient (Wildman–Crippen LogP) is 1.57. The summed E-state index contributed by atoms with van der Waals surface area (Å²) in [6.07, 6.45) is 4.56. The van der Waals surface area contributed by atoms with E-state index in [0.29, 0.717) is 0 Å². The van der Waals surface area contributed by atoms with Crippen LogP contribution in [0.1, 0.15) is 30.9 Å². The number of anilines is 1. The minimum Gasteiger partial charge on any atom is -0.396 e. The largest absolute Gasteiger partial charge is 0.396 e. The van der Waals surface area contributed by atoms with Crippen LogP contribution in [0.2, 0.25) is 0 Å². The Balaban J connectivity index is 2.16. The van der Waals surface area contributed by atoms with E-state index in [1.807, 2.05) is 28.7 Å². The van der Waals surface area contributed by atoms with Crippen molar-refractivity contribution in [3.8, 4) is 0 Å². The van der Waals surface area contributed by atoms with Gasteiger partial charge in [0.05, 0.1) is 17.1 Å². The highest BCUT2D eigenvalue weighted by Crippen LogP contribution is 2.18. The van der Waals surface area contributed by atoms with Gasteiger partial charge in [-0.05, 0) is 18.9 Å². The van der Waals surface area contributed by atoms with Crippen molar-refractivity contribution >= 4 is 5.69 Å². The molecule has 0 atom stereocenters. The maximum Gasteiger partial charge on any atom is 0.0854 e. The molecular weight excluding hydrogens is 226 g/mol. The Hall–Kier alpha value is -1.78. The Bertz CT molecular complexity index is 523. The topological polar surface area (TPSA) is 61.7 Å². The first-order chi connectivity index (χ1) is 8.67. The monoisotopic (exact) mass is 247 g/mol. The normalized spacial score (nSPS) is 11.1. The summed E-state index contributed by atoms with van der Waals surface area (Å²) in [6.45, 7) is 5.06. The molecule has 0 saturated heterocycles. The SMILES string of the molecule is CCc1nn(CCc2ccnn2C)c(CC)c1N. The molecule has 0 amide bonds. The van der Waals surface area contributed by atoms with E-state index in [4.69, 9.17) is 5.73 Å². The molecule has 0 aliphatic rings. The molecule has 0 radical (unpaired) electrons. The molecule has 2 rings (SSSR count). The molecule has 0 aliphatic carbocycles. The minimum atomic E-state index is 0.854. The Morgan fingerprint density at radius 2 is 2.06 bits per heavy atom. The fraction of sp³-hybridized carbons (Fsp3) is 0.538. The lowest BCUT2D eigenvalue weighted by Gasteiger charge is -2.06. The molecule has 0 aromatic carbocycles. The first kappa shape index (κ1) is 12.7. The second kappa shape index (κ2) is 5.25. The summed E-state index contributed by atoms with van der Waals surface area (Å²) in [5.74, 6) is 0. The second-order valence-corrected chi connectivity index (χ2v) is 4.43. The highest BCUT2D eigenvalue weighted by molar-refractivity contribution is 5.48. The van der Waals surface area contributed by atoms with E-state index in [9.17, 15) is 0 Å². The van der Waals surface area contributed by atoms with Crippen molar-refractivity contribution in [1.82, 2.24) is 19.6 Å². The molecule has 18 heavy (non-hydrogen) atoms. The van der Waals surface area contributed by atoms with Crippen LogP contribution in [0.4, 0.5) is 5.69 Å². The Kier molecular flexibility index (Phi) is 3.69. The van der Waals surface area contributed by atoms with Gasteiger partial charge in [0.25, 0.3) is 0 Å². The first-order valence-electron chi connectivity index (χ1n) is 6.48. The van der Waals surface area contributed by atoms with Gasteiger partial charge in [-0.2, -0.15) is 10.2 Å². The van der Waals surface area contributed by atoms with E-state index in [1.54, 1.807) is 0 Å². The molecule has 0 saturated carbocycles. The van der Waals surface area contributed by atoms with Crippen molar-refractivity contribution < 1.29 is 0 Å². The summed E-state index contributed by atoms with van der Waals surface area (Å²) in [4.78, 5) is 0. The van der Waals surface area contributed by atoms with Gasteiger partial charge in [0.1, 0.15) is 0 Å². The molecule has 0 spiro atoms. The van der Waals surface area contributed by atoms with Crippen molar-refractivity contribution in [3.05, 3.63) is 29.3 Å². The zero-order chi connectivity index (χ0) is 13.1. The quantitative estimate of drug-likeness (QED) is 0.872. The van der Waals surface area contributed by atoms with Crippen LogP contribution in [-0.2, 0) is 32.9 Å². The number of nitrogens with zero attached hydrogens (tertiary/aromatic N) is 4. The molecule has 98 valence electrons. The van der Waals surface area contributed by atoms with Gasteiger partial charge in [0.15, 0.2) is 0 Å². The van der Waals surface area contributed by atoms with Crippen molar-refractivity contribution in [3.63, 3.8) is 0 Å². The number of aryl methyl sites for hydroxylation is 4. The summed E-state index contributed by atoms with van der Waals surface area (Å²) in [7, 11) is 1.96. The van der Waals surface area contributed by atoms with Gasteiger partial charge in [-0.1, -0.05) is 13.8 Å². The number of aromatic nitrogens is 4. The van der Waals surface area contributed by atoms with Gasteiger partial charge in [-0.15, -0.1) is 0 Å². The van der Waals surface area contributed by atoms with E-state index in [1.165, 1.54) is 5.69 Å². The van der Waals surface area contributed by atoms with E-state index in [0.717, 1.165) is 42.9 Å². The van der Waals surface area contributed by atoms with Gasteiger partial charge in [0, 0.05) is 31.9 Å². The zero-order valence-electron chi connectivity index (χ0n) is 11.3. The van der Waals surface area contributed by atoms with Gasteiger partial charge >= 0.3 is 0 Å². The van der Waals surface area contributed by atoms with Crippen LogP contribution >= 0.6 is 0 Å². The van der Waals surface area contributed by atoms with Crippen molar-refractivity contribution in [2.24, 2.45) is 7.05 Å². The van der Waals surface area contributed by atoms with Crippen molar-refractivity contribution in [2.45, 2.75) is 39.7 Å². The van der Waals surface area contributed by atoms with Crippen LogP contribution in [0.25, 0.3) is 0 Å². The second-order valence-electron chi connectivity index (χ2n) is 4.43. The molecule has 0 aliphatic heterocycles.